The Hall–Kier alpha value is -6.68. The van der Waals surface area contributed by atoms with E-state index in [1.54, 1.807) is 18.2 Å². The number of para-hydroxylation sites is 3. The SMILES string of the molecule is N#Cc1ccc(C#N)c(-c2cc(-n3c4ccccc4c4ccccc43)nc(-n3c4ccccc4c4cc(C#N)ccc43)c2)c1. The van der Waals surface area contributed by atoms with Gasteiger partial charge in [0.2, 0.25) is 0 Å². The lowest BCUT2D eigenvalue weighted by Gasteiger charge is -2.15. The monoisotopic (exact) mass is 560 g/mol. The first-order chi connectivity index (χ1) is 21.7. The van der Waals surface area contributed by atoms with Crippen molar-refractivity contribution < 1.29 is 0 Å². The predicted molar refractivity (Wildman–Crippen MR) is 172 cm³/mol. The fourth-order valence-electron chi connectivity index (χ4n) is 6.30. The first kappa shape index (κ1) is 25.1. The van der Waals surface area contributed by atoms with Crippen molar-refractivity contribution in [2.45, 2.75) is 0 Å². The van der Waals surface area contributed by atoms with E-state index in [0.717, 1.165) is 49.2 Å². The lowest BCUT2D eigenvalue weighted by atomic mass is 9.98. The van der Waals surface area contributed by atoms with E-state index in [9.17, 15) is 15.8 Å². The number of rotatable bonds is 3. The Morgan fingerprint density at radius 2 is 0.932 bits per heavy atom. The Morgan fingerprint density at radius 1 is 0.455 bits per heavy atom. The second-order valence-electron chi connectivity index (χ2n) is 10.6. The Morgan fingerprint density at radius 3 is 1.48 bits per heavy atom. The molecular formula is C38H20N6. The zero-order valence-electron chi connectivity index (χ0n) is 23.2. The molecule has 8 aromatic rings. The molecule has 0 spiro atoms. The maximum Gasteiger partial charge on any atom is 0.140 e. The van der Waals surface area contributed by atoms with E-state index < -0.39 is 0 Å². The van der Waals surface area contributed by atoms with Gasteiger partial charge in [-0.15, -0.1) is 0 Å². The van der Waals surface area contributed by atoms with Crippen LogP contribution in [-0.4, -0.2) is 14.1 Å². The third-order valence-corrected chi connectivity index (χ3v) is 8.22. The van der Waals surface area contributed by atoms with Crippen LogP contribution in [-0.2, 0) is 0 Å². The van der Waals surface area contributed by atoms with E-state index >= 15 is 0 Å². The molecule has 0 N–H and O–H groups in total. The molecule has 0 radical (unpaired) electrons. The van der Waals surface area contributed by atoms with Crippen LogP contribution in [0.1, 0.15) is 16.7 Å². The van der Waals surface area contributed by atoms with Gasteiger partial charge in [0.1, 0.15) is 11.6 Å². The highest BCUT2D eigenvalue weighted by atomic mass is 15.1. The molecule has 0 fully saturated rings. The number of hydrogen-bond acceptors (Lipinski definition) is 4. The van der Waals surface area contributed by atoms with E-state index in [1.165, 1.54) is 0 Å². The highest BCUT2D eigenvalue weighted by molar-refractivity contribution is 6.10. The molecule has 0 aliphatic rings. The van der Waals surface area contributed by atoms with E-state index in [-0.39, 0.29) is 0 Å². The van der Waals surface area contributed by atoms with Crippen LogP contribution in [0.4, 0.5) is 0 Å². The average molecular weight is 561 g/mol. The first-order valence-electron chi connectivity index (χ1n) is 14.1. The average Bonchev–Trinajstić information content (AvgIpc) is 3.60. The van der Waals surface area contributed by atoms with Crippen molar-refractivity contribution in [2.75, 3.05) is 0 Å². The summed E-state index contributed by atoms with van der Waals surface area (Å²) in [5, 5.41) is 33.6. The van der Waals surface area contributed by atoms with Gasteiger partial charge < -0.3 is 0 Å². The molecular weight excluding hydrogens is 540 g/mol. The number of nitriles is 3. The van der Waals surface area contributed by atoms with Gasteiger partial charge in [-0.2, -0.15) is 15.8 Å². The molecule has 3 heterocycles. The van der Waals surface area contributed by atoms with Crippen LogP contribution in [0.15, 0.2) is 121 Å². The molecule has 5 aromatic carbocycles. The quantitative estimate of drug-likeness (QED) is 0.216. The Labute approximate surface area is 252 Å². The molecule has 0 saturated carbocycles. The summed E-state index contributed by atoms with van der Waals surface area (Å²) in [6, 6.07) is 46.2. The van der Waals surface area contributed by atoms with E-state index in [0.29, 0.717) is 33.9 Å². The van der Waals surface area contributed by atoms with E-state index in [1.807, 2.05) is 72.8 Å². The highest BCUT2D eigenvalue weighted by Crippen LogP contribution is 2.37. The summed E-state index contributed by atoms with van der Waals surface area (Å²) >= 11 is 0. The summed E-state index contributed by atoms with van der Waals surface area (Å²) < 4.78 is 4.26. The van der Waals surface area contributed by atoms with Crippen molar-refractivity contribution >= 4 is 43.6 Å². The van der Waals surface area contributed by atoms with Crippen LogP contribution in [0.2, 0.25) is 0 Å². The Kier molecular flexibility index (Phi) is 5.53. The smallest absolute Gasteiger partial charge is 0.140 e. The van der Waals surface area contributed by atoms with Gasteiger partial charge >= 0.3 is 0 Å². The van der Waals surface area contributed by atoms with Gasteiger partial charge in [-0.1, -0.05) is 54.6 Å². The number of pyridine rings is 1. The molecule has 0 saturated heterocycles. The molecule has 0 aliphatic carbocycles. The van der Waals surface area contributed by atoms with Gasteiger partial charge in [-0.05, 0) is 72.3 Å². The molecule has 0 aliphatic heterocycles. The number of fused-ring (bicyclic) bond motifs is 6. The maximum atomic E-state index is 10.1. The molecule has 0 atom stereocenters. The molecule has 0 amide bonds. The van der Waals surface area contributed by atoms with Gasteiger partial charge in [-0.3, -0.25) is 9.13 Å². The third-order valence-electron chi connectivity index (χ3n) is 8.22. The number of benzene rings is 5. The molecule has 44 heavy (non-hydrogen) atoms. The largest absolute Gasteiger partial charge is 0.294 e. The van der Waals surface area contributed by atoms with Crippen LogP contribution in [0.25, 0.3) is 66.4 Å². The molecule has 6 nitrogen and oxygen atoms in total. The molecule has 6 heteroatoms. The minimum Gasteiger partial charge on any atom is -0.294 e. The standard InChI is InChI=1S/C38H20N6/c39-21-24-13-15-26(23-41)31(17-24)27-19-37(43-33-10-4-1-7-28(33)29-8-2-5-11-34(29)43)42-38(20-27)44-35-12-6-3-9-30(35)32-18-25(22-40)14-16-36(32)44/h1-20H. The molecule has 3 aromatic heterocycles. The third kappa shape index (κ3) is 3.68. The number of aromatic nitrogens is 3. The Bertz CT molecular complexity index is 2550. The number of hydrogen-bond donors (Lipinski definition) is 0. The summed E-state index contributed by atoms with van der Waals surface area (Å²) in [6.45, 7) is 0. The second-order valence-corrected chi connectivity index (χ2v) is 10.6. The van der Waals surface area contributed by atoms with Crippen LogP contribution >= 0.6 is 0 Å². The van der Waals surface area contributed by atoms with Crippen molar-refractivity contribution in [2.24, 2.45) is 0 Å². The van der Waals surface area contributed by atoms with Crippen LogP contribution in [0, 0.1) is 34.0 Å². The van der Waals surface area contributed by atoms with Crippen molar-refractivity contribution in [3.05, 3.63) is 138 Å². The van der Waals surface area contributed by atoms with Crippen molar-refractivity contribution in [3.8, 4) is 41.0 Å². The van der Waals surface area contributed by atoms with Crippen molar-refractivity contribution in [3.63, 3.8) is 0 Å². The normalized spacial score (nSPS) is 11.1. The van der Waals surface area contributed by atoms with E-state index in [4.69, 9.17) is 4.98 Å². The molecule has 8 rings (SSSR count). The van der Waals surface area contributed by atoms with Gasteiger partial charge in [0.15, 0.2) is 0 Å². The van der Waals surface area contributed by atoms with Crippen molar-refractivity contribution in [1.29, 1.82) is 15.8 Å². The fourth-order valence-corrected chi connectivity index (χ4v) is 6.30. The zero-order chi connectivity index (χ0) is 29.8. The fraction of sp³-hybridized carbons (Fsp3) is 0. The lowest BCUT2D eigenvalue weighted by molar-refractivity contribution is 1.01. The number of nitrogens with zero attached hydrogens (tertiary/aromatic N) is 6. The predicted octanol–water partition coefficient (Wildman–Crippen LogP) is 8.56. The Balaban J connectivity index is 1.53. The molecule has 202 valence electrons. The second kappa shape index (κ2) is 9.71. The van der Waals surface area contributed by atoms with Crippen LogP contribution in [0.3, 0.4) is 0 Å². The minimum absolute atomic E-state index is 0.468. The zero-order valence-corrected chi connectivity index (χ0v) is 23.2. The first-order valence-corrected chi connectivity index (χ1v) is 14.1. The van der Waals surface area contributed by atoms with Crippen LogP contribution in [0.5, 0.6) is 0 Å². The summed E-state index contributed by atoms with van der Waals surface area (Å²) in [5.41, 5.74) is 6.82. The topological polar surface area (TPSA) is 94.1 Å². The highest BCUT2D eigenvalue weighted by Gasteiger charge is 2.19. The van der Waals surface area contributed by atoms with Crippen molar-refractivity contribution in [1.82, 2.24) is 14.1 Å². The van der Waals surface area contributed by atoms with Gasteiger partial charge in [-0.25, -0.2) is 4.98 Å². The molecule has 0 bridgehead atoms. The summed E-state index contributed by atoms with van der Waals surface area (Å²) in [5.74, 6) is 1.34. The minimum atomic E-state index is 0.468. The summed E-state index contributed by atoms with van der Waals surface area (Å²) in [7, 11) is 0. The summed E-state index contributed by atoms with van der Waals surface area (Å²) in [6.07, 6.45) is 0. The van der Waals surface area contributed by atoms with E-state index in [2.05, 4.69) is 57.7 Å². The maximum absolute atomic E-state index is 10.1. The van der Waals surface area contributed by atoms with Crippen LogP contribution < -0.4 is 0 Å². The lowest BCUT2D eigenvalue weighted by Crippen LogP contribution is -2.05. The van der Waals surface area contributed by atoms with Gasteiger partial charge in [0.25, 0.3) is 0 Å². The summed E-state index contributed by atoms with van der Waals surface area (Å²) in [4.78, 5) is 5.30. The molecule has 0 unspecified atom stereocenters. The van der Waals surface area contributed by atoms with Gasteiger partial charge in [0, 0.05) is 27.1 Å². The van der Waals surface area contributed by atoms with Gasteiger partial charge in [0.05, 0.1) is 57.0 Å².